The van der Waals surface area contributed by atoms with E-state index in [0.29, 0.717) is 17.5 Å². The SMILES string of the molecule is C=C(Cl)CN=C(N)Nc1cccc2c1CCCC2. The molecule has 1 aromatic carbocycles. The Hall–Kier alpha value is -1.48. The molecule has 4 heteroatoms. The number of nitrogens with two attached hydrogens (primary N) is 1. The van der Waals surface area contributed by atoms with Crippen LogP contribution in [0.15, 0.2) is 34.8 Å². The molecular weight excluding hydrogens is 246 g/mol. The molecule has 0 aliphatic heterocycles. The average molecular weight is 264 g/mol. The molecule has 1 aliphatic carbocycles. The Bertz CT molecular complexity index is 480. The number of guanidine groups is 1. The molecule has 0 atom stereocenters. The summed E-state index contributed by atoms with van der Waals surface area (Å²) in [5.74, 6) is 0.385. The molecule has 0 saturated heterocycles. The molecular formula is C14H18ClN3. The summed E-state index contributed by atoms with van der Waals surface area (Å²) in [6, 6.07) is 6.29. The highest BCUT2D eigenvalue weighted by Gasteiger charge is 2.12. The van der Waals surface area contributed by atoms with Crippen molar-refractivity contribution in [3.05, 3.63) is 40.9 Å². The zero-order chi connectivity index (χ0) is 13.0. The Morgan fingerprint density at radius 2 is 2.17 bits per heavy atom. The molecule has 18 heavy (non-hydrogen) atoms. The lowest BCUT2D eigenvalue weighted by molar-refractivity contribution is 0.687. The molecule has 0 bridgehead atoms. The molecule has 3 N–H and O–H groups in total. The van der Waals surface area contributed by atoms with E-state index < -0.39 is 0 Å². The van der Waals surface area contributed by atoms with Crippen molar-refractivity contribution in [1.82, 2.24) is 0 Å². The van der Waals surface area contributed by atoms with Gasteiger partial charge in [-0.2, -0.15) is 0 Å². The molecule has 0 amide bonds. The minimum Gasteiger partial charge on any atom is -0.370 e. The van der Waals surface area contributed by atoms with Crippen molar-refractivity contribution >= 4 is 23.2 Å². The summed E-state index contributed by atoms with van der Waals surface area (Å²) in [7, 11) is 0. The number of benzene rings is 1. The van der Waals surface area contributed by atoms with Crippen molar-refractivity contribution in [3.8, 4) is 0 Å². The summed E-state index contributed by atoms with van der Waals surface area (Å²) in [5, 5.41) is 3.63. The van der Waals surface area contributed by atoms with Gasteiger partial charge in [-0.3, -0.25) is 0 Å². The number of aliphatic imine (C=N–C) groups is 1. The number of rotatable bonds is 3. The number of hydrogen-bond donors (Lipinski definition) is 2. The zero-order valence-electron chi connectivity index (χ0n) is 10.4. The topological polar surface area (TPSA) is 50.4 Å². The first kappa shape index (κ1) is 13.0. The van der Waals surface area contributed by atoms with Crippen LogP contribution >= 0.6 is 11.6 Å². The largest absolute Gasteiger partial charge is 0.370 e. The maximum absolute atomic E-state index is 5.83. The molecule has 0 fully saturated rings. The van der Waals surface area contributed by atoms with Gasteiger partial charge in [0.25, 0.3) is 0 Å². The fraction of sp³-hybridized carbons (Fsp3) is 0.357. The van der Waals surface area contributed by atoms with E-state index in [2.05, 4.69) is 29.0 Å². The van der Waals surface area contributed by atoms with E-state index in [-0.39, 0.29) is 0 Å². The van der Waals surface area contributed by atoms with Crippen molar-refractivity contribution in [1.29, 1.82) is 0 Å². The third kappa shape index (κ3) is 3.26. The minimum atomic E-state index is 0.343. The van der Waals surface area contributed by atoms with Crippen LogP contribution in [0.2, 0.25) is 0 Å². The third-order valence-electron chi connectivity index (χ3n) is 3.08. The molecule has 0 spiro atoms. The number of halogens is 1. The second-order valence-corrected chi connectivity index (χ2v) is 5.03. The zero-order valence-corrected chi connectivity index (χ0v) is 11.1. The molecule has 1 aliphatic rings. The van der Waals surface area contributed by atoms with Crippen molar-refractivity contribution in [3.63, 3.8) is 0 Å². The van der Waals surface area contributed by atoms with Gasteiger partial charge < -0.3 is 11.1 Å². The molecule has 96 valence electrons. The van der Waals surface area contributed by atoms with Gasteiger partial charge in [0, 0.05) is 10.7 Å². The molecule has 0 aromatic heterocycles. The van der Waals surface area contributed by atoms with Crippen LogP contribution in [0.1, 0.15) is 24.0 Å². The number of nitrogens with zero attached hydrogens (tertiary/aromatic N) is 1. The first-order valence-electron chi connectivity index (χ1n) is 6.18. The lowest BCUT2D eigenvalue weighted by atomic mass is 9.90. The van der Waals surface area contributed by atoms with Gasteiger partial charge in [-0.15, -0.1) is 0 Å². The molecule has 2 rings (SSSR count). The van der Waals surface area contributed by atoms with Crippen LogP contribution in [0, 0.1) is 0 Å². The van der Waals surface area contributed by atoms with Crippen molar-refractivity contribution < 1.29 is 0 Å². The normalized spacial score (nSPS) is 15.1. The standard InChI is InChI=1S/C14H18ClN3/c1-10(15)9-17-14(16)18-13-8-4-6-11-5-2-3-7-12(11)13/h4,6,8H,1-3,5,7,9H2,(H3,16,17,18). The average Bonchev–Trinajstić information content (AvgIpc) is 2.37. The van der Waals surface area contributed by atoms with Crippen LogP contribution in [0.3, 0.4) is 0 Å². The second-order valence-electron chi connectivity index (χ2n) is 4.49. The summed E-state index contributed by atoms with van der Waals surface area (Å²) in [5.41, 5.74) is 9.67. The second kappa shape index (κ2) is 5.91. The molecule has 0 unspecified atom stereocenters. The van der Waals surface area contributed by atoms with Crippen molar-refractivity contribution in [2.45, 2.75) is 25.7 Å². The van der Waals surface area contributed by atoms with E-state index in [9.17, 15) is 0 Å². The Balaban J connectivity index is 2.14. The Morgan fingerprint density at radius 3 is 2.94 bits per heavy atom. The lowest BCUT2D eigenvalue weighted by Gasteiger charge is -2.19. The first-order chi connectivity index (χ1) is 8.66. The van der Waals surface area contributed by atoms with Gasteiger partial charge in [-0.1, -0.05) is 30.3 Å². The van der Waals surface area contributed by atoms with E-state index in [1.54, 1.807) is 0 Å². The van der Waals surface area contributed by atoms with E-state index >= 15 is 0 Å². The molecule has 0 saturated carbocycles. The molecule has 0 radical (unpaired) electrons. The van der Waals surface area contributed by atoms with Gasteiger partial charge in [0.05, 0.1) is 6.54 Å². The highest BCUT2D eigenvalue weighted by Crippen LogP contribution is 2.27. The smallest absolute Gasteiger partial charge is 0.193 e. The van der Waals surface area contributed by atoms with E-state index in [0.717, 1.165) is 18.5 Å². The Labute approximate surface area is 113 Å². The summed E-state index contributed by atoms with van der Waals surface area (Å²) in [4.78, 5) is 4.12. The lowest BCUT2D eigenvalue weighted by Crippen LogP contribution is -2.24. The van der Waals surface area contributed by atoms with E-state index in [1.807, 2.05) is 6.07 Å². The summed E-state index contributed by atoms with van der Waals surface area (Å²) >= 11 is 5.66. The fourth-order valence-corrected chi connectivity index (χ4v) is 2.31. The maximum Gasteiger partial charge on any atom is 0.193 e. The predicted octanol–water partition coefficient (Wildman–Crippen LogP) is 3.04. The molecule has 3 nitrogen and oxygen atoms in total. The van der Waals surface area contributed by atoms with Crippen molar-refractivity contribution in [2.75, 3.05) is 11.9 Å². The number of anilines is 1. The highest BCUT2D eigenvalue weighted by atomic mass is 35.5. The predicted molar refractivity (Wildman–Crippen MR) is 78.2 cm³/mol. The highest BCUT2D eigenvalue weighted by molar-refractivity contribution is 6.29. The molecule has 1 aromatic rings. The Morgan fingerprint density at radius 1 is 1.39 bits per heavy atom. The van der Waals surface area contributed by atoms with E-state index in [4.69, 9.17) is 17.3 Å². The number of hydrogen-bond acceptors (Lipinski definition) is 1. The number of aryl methyl sites for hydroxylation is 1. The van der Waals surface area contributed by atoms with Gasteiger partial charge in [0.1, 0.15) is 0 Å². The maximum atomic E-state index is 5.83. The molecule has 0 heterocycles. The van der Waals surface area contributed by atoms with Crippen LogP contribution in [0.4, 0.5) is 5.69 Å². The van der Waals surface area contributed by atoms with Crippen LogP contribution in [-0.2, 0) is 12.8 Å². The van der Waals surface area contributed by atoms with Crippen LogP contribution in [-0.4, -0.2) is 12.5 Å². The van der Waals surface area contributed by atoms with E-state index in [1.165, 1.54) is 24.0 Å². The first-order valence-corrected chi connectivity index (χ1v) is 6.55. The van der Waals surface area contributed by atoms with Gasteiger partial charge in [0.15, 0.2) is 5.96 Å². The third-order valence-corrected chi connectivity index (χ3v) is 3.20. The minimum absolute atomic E-state index is 0.343. The van der Waals surface area contributed by atoms with Crippen LogP contribution in [0.25, 0.3) is 0 Å². The number of nitrogens with one attached hydrogen (secondary N) is 1. The summed E-state index contributed by atoms with van der Waals surface area (Å²) in [6.07, 6.45) is 4.77. The van der Waals surface area contributed by atoms with Crippen LogP contribution in [0.5, 0.6) is 0 Å². The van der Waals surface area contributed by atoms with Gasteiger partial charge in [-0.25, -0.2) is 4.99 Å². The quantitative estimate of drug-likeness (QED) is 0.651. The Kier molecular flexibility index (Phi) is 4.26. The van der Waals surface area contributed by atoms with Gasteiger partial charge >= 0.3 is 0 Å². The summed E-state index contributed by atoms with van der Waals surface area (Å²) in [6.45, 7) is 3.92. The van der Waals surface area contributed by atoms with Crippen molar-refractivity contribution in [2.24, 2.45) is 10.7 Å². The van der Waals surface area contributed by atoms with Gasteiger partial charge in [0.2, 0.25) is 0 Å². The van der Waals surface area contributed by atoms with Gasteiger partial charge in [-0.05, 0) is 42.9 Å². The fourth-order valence-electron chi connectivity index (χ4n) is 2.25. The van der Waals surface area contributed by atoms with Crippen LogP contribution < -0.4 is 11.1 Å². The monoisotopic (exact) mass is 263 g/mol. The summed E-state index contributed by atoms with van der Waals surface area (Å²) < 4.78 is 0. The number of fused-ring (bicyclic) bond motifs is 1.